The maximum atomic E-state index is 5.74. The zero-order valence-electron chi connectivity index (χ0n) is 11.3. The Morgan fingerprint density at radius 2 is 2.06 bits per heavy atom. The lowest BCUT2D eigenvalue weighted by Crippen LogP contribution is -2.54. The van der Waals surface area contributed by atoms with Crippen LogP contribution in [0.25, 0.3) is 0 Å². The average Bonchev–Trinajstić information content (AvgIpc) is 2.31. The third-order valence-corrected chi connectivity index (χ3v) is 4.21. The first-order valence-electron chi connectivity index (χ1n) is 6.50. The molecule has 17 heavy (non-hydrogen) atoms. The highest BCUT2D eigenvalue weighted by Crippen LogP contribution is 2.54. The van der Waals surface area contributed by atoms with Gasteiger partial charge in [-0.25, -0.2) is 0 Å². The molecule has 0 bridgehead atoms. The molecule has 2 heteroatoms. The lowest BCUT2D eigenvalue weighted by atomic mass is 9.56. The van der Waals surface area contributed by atoms with Crippen LogP contribution in [-0.4, -0.2) is 19.7 Å². The standard InChI is InChI=1S/C15H23NO/c1-5-17-13-9-7-6-8-11(13)12-10-14(16-4)15(12,2)3/h6-9,12,14,16H,5,10H2,1-4H3. The van der Waals surface area contributed by atoms with Crippen LogP contribution >= 0.6 is 0 Å². The van der Waals surface area contributed by atoms with E-state index in [0.717, 1.165) is 12.4 Å². The number of hydrogen-bond acceptors (Lipinski definition) is 2. The molecule has 2 atom stereocenters. The Morgan fingerprint density at radius 3 is 2.65 bits per heavy atom. The molecule has 2 unspecified atom stereocenters. The summed E-state index contributed by atoms with van der Waals surface area (Å²) < 4.78 is 5.74. The highest BCUT2D eigenvalue weighted by Gasteiger charge is 2.48. The molecule has 0 radical (unpaired) electrons. The van der Waals surface area contributed by atoms with E-state index < -0.39 is 0 Å². The second kappa shape index (κ2) is 4.69. The second-order valence-corrected chi connectivity index (χ2v) is 5.42. The van der Waals surface area contributed by atoms with Crippen molar-refractivity contribution in [3.63, 3.8) is 0 Å². The molecule has 0 saturated heterocycles. The Labute approximate surface area is 104 Å². The molecule has 0 aromatic heterocycles. The van der Waals surface area contributed by atoms with Gasteiger partial charge in [0, 0.05) is 6.04 Å². The van der Waals surface area contributed by atoms with Crippen molar-refractivity contribution >= 4 is 0 Å². The summed E-state index contributed by atoms with van der Waals surface area (Å²) in [6, 6.07) is 9.07. The fourth-order valence-electron chi connectivity index (χ4n) is 3.00. The summed E-state index contributed by atoms with van der Waals surface area (Å²) in [5.41, 5.74) is 1.67. The topological polar surface area (TPSA) is 21.3 Å². The number of rotatable bonds is 4. The minimum absolute atomic E-state index is 0.307. The minimum atomic E-state index is 0.307. The summed E-state index contributed by atoms with van der Waals surface area (Å²) in [6.07, 6.45) is 1.20. The molecule has 1 aliphatic carbocycles. The summed E-state index contributed by atoms with van der Waals surface area (Å²) in [6.45, 7) is 7.45. The third kappa shape index (κ3) is 2.06. The van der Waals surface area contributed by atoms with Crippen molar-refractivity contribution in [1.29, 1.82) is 0 Å². The SMILES string of the molecule is CCOc1ccccc1C1CC(NC)C1(C)C. The lowest BCUT2D eigenvalue weighted by molar-refractivity contribution is 0.0730. The lowest BCUT2D eigenvalue weighted by Gasteiger charge is -2.52. The van der Waals surface area contributed by atoms with Gasteiger partial charge in [0.25, 0.3) is 0 Å². The van der Waals surface area contributed by atoms with E-state index in [-0.39, 0.29) is 0 Å². The van der Waals surface area contributed by atoms with Crippen molar-refractivity contribution in [2.45, 2.75) is 39.2 Å². The van der Waals surface area contributed by atoms with Crippen molar-refractivity contribution in [1.82, 2.24) is 5.32 Å². The number of benzene rings is 1. The molecule has 0 amide bonds. The second-order valence-electron chi connectivity index (χ2n) is 5.42. The van der Waals surface area contributed by atoms with E-state index >= 15 is 0 Å². The van der Waals surface area contributed by atoms with E-state index in [1.165, 1.54) is 12.0 Å². The summed E-state index contributed by atoms with van der Waals surface area (Å²) in [5.74, 6) is 1.66. The fourth-order valence-corrected chi connectivity index (χ4v) is 3.00. The molecular weight excluding hydrogens is 210 g/mol. The predicted molar refractivity (Wildman–Crippen MR) is 71.6 cm³/mol. The van der Waals surface area contributed by atoms with Crippen LogP contribution in [0.5, 0.6) is 5.75 Å². The van der Waals surface area contributed by atoms with Crippen LogP contribution in [-0.2, 0) is 0 Å². The van der Waals surface area contributed by atoms with E-state index in [1.54, 1.807) is 0 Å². The molecule has 1 fully saturated rings. The number of hydrogen-bond donors (Lipinski definition) is 1. The maximum absolute atomic E-state index is 5.74. The summed E-state index contributed by atoms with van der Waals surface area (Å²) in [7, 11) is 2.05. The molecule has 1 aromatic rings. The van der Waals surface area contributed by atoms with Crippen LogP contribution in [0.3, 0.4) is 0 Å². The minimum Gasteiger partial charge on any atom is -0.494 e. The first-order valence-corrected chi connectivity index (χ1v) is 6.50. The summed E-state index contributed by atoms with van der Waals surface area (Å²) in [5, 5.41) is 3.40. The monoisotopic (exact) mass is 233 g/mol. The molecule has 2 rings (SSSR count). The number of ether oxygens (including phenoxy) is 1. The molecule has 0 aliphatic heterocycles. The van der Waals surface area contributed by atoms with E-state index in [1.807, 2.05) is 6.92 Å². The van der Waals surface area contributed by atoms with Crippen molar-refractivity contribution in [2.24, 2.45) is 5.41 Å². The van der Waals surface area contributed by atoms with E-state index in [4.69, 9.17) is 4.74 Å². The van der Waals surface area contributed by atoms with Gasteiger partial charge in [0.1, 0.15) is 5.75 Å². The normalized spacial score (nSPS) is 26.4. The Morgan fingerprint density at radius 1 is 1.35 bits per heavy atom. The van der Waals surface area contributed by atoms with E-state index in [2.05, 4.69) is 50.5 Å². The van der Waals surface area contributed by atoms with Gasteiger partial charge in [0.05, 0.1) is 6.61 Å². The number of para-hydroxylation sites is 1. The maximum Gasteiger partial charge on any atom is 0.122 e. The van der Waals surface area contributed by atoms with Gasteiger partial charge >= 0.3 is 0 Å². The van der Waals surface area contributed by atoms with Gasteiger partial charge in [-0.15, -0.1) is 0 Å². The zero-order valence-corrected chi connectivity index (χ0v) is 11.3. The van der Waals surface area contributed by atoms with Crippen LogP contribution in [0.1, 0.15) is 38.7 Å². The van der Waals surface area contributed by atoms with Gasteiger partial charge in [-0.3, -0.25) is 0 Å². The van der Waals surface area contributed by atoms with Gasteiger partial charge in [0.2, 0.25) is 0 Å². The third-order valence-electron chi connectivity index (χ3n) is 4.21. The van der Waals surface area contributed by atoms with Crippen molar-refractivity contribution in [3.8, 4) is 5.75 Å². The molecule has 1 N–H and O–H groups in total. The van der Waals surface area contributed by atoms with Crippen LogP contribution < -0.4 is 10.1 Å². The van der Waals surface area contributed by atoms with Gasteiger partial charge in [-0.1, -0.05) is 32.0 Å². The van der Waals surface area contributed by atoms with Gasteiger partial charge in [0.15, 0.2) is 0 Å². The van der Waals surface area contributed by atoms with Crippen LogP contribution in [0.4, 0.5) is 0 Å². The molecule has 1 aromatic carbocycles. The number of nitrogens with one attached hydrogen (secondary N) is 1. The smallest absolute Gasteiger partial charge is 0.122 e. The first-order chi connectivity index (χ1) is 8.11. The first kappa shape index (κ1) is 12.4. The Balaban J connectivity index is 2.24. The van der Waals surface area contributed by atoms with Crippen molar-refractivity contribution < 1.29 is 4.74 Å². The van der Waals surface area contributed by atoms with Gasteiger partial charge in [-0.05, 0) is 43.4 Å². The van der Waals surface area contributed by atoms with Crippen LogP contribution in [0, 0.1) is 5.41 Å². The quantitative estimate of drug-likeness (QED) is 0.862. The van der Waals surface area contributed by atoms with Crippen LogP contribution in [0.15, 0.2) is 24.3 Å². The highest BCUT2D eigenvalue weighted by atomic mass is 16.5. The predicted octanol–water partition coefficient (Wildman–Crippen LogP) is 3.19. The van der Waals surface area contributed by atoms with E-state index in [0.29, 0.717) is 17.4 Å². The molecule has 2 nitrogen and oxygen atoms in total. The molecule has 0 heterocycles. The molecule has 94 valence electrons. The molecule has 1 saturated carbocycles. The zero-order chi connectivity index (χ0) is 12.5. The fraction of sp³-hybridized carbons (Fsp3) is 0.600. The highest BCUT2D eigenvalue weighted by molar-refractivity contribution is 5.40. The van der Waals surface area contributed by atoms with Gasteiger partial charge in [-0.2, -0.15) is 0 Å². The average molecular weight is 233 g/mol. The molecule has 0 spiro atoms. The summed E-state index contributed by atoms with van der Waals surface area (Å²) >= 11 is 0. The molecular formula is C15H23NO. The largest absolute Gasteiger partial charge is 0.494 e. The van der Waals surface area contributed by atoms with Gasteiger partial charge < -0.3 is 10.1 Å². The Kier molecular flexibility index (Phi) is 3.43. The van der Waals surface area contributed by atoms with E-state index in [9.17, 15) is 0 Å². The Hall–Kier alpha value is -1.02. The van der Waals surface area contributed by atoms with Crippen LogP contribution in [0.2, 0.25) is 0 Å². The molecule has 1 aliphatic rings. The van der Waals surface area contributed by atoms with Crippen molar-refractivity contribution in [2.75, 3.05) is 13.7 Å². The van der Waals surface area contributed by atoms with Crippen molar-refractivity contribution in [3.05, 3.63) is 29.8 Å². The summed E-state index contributed by atoms with van der Waals surface area (Å²) in [4.78, 5) is 0. The Bertz CT molecular complexity index is 386.